The zero-order chi connectivity index (χ0) is 19.3. The van der Waals surface area contributed by atoms with E-state index in [1.807, 2.05) is 46.6 Å². The van der Waals surface area contributed by atoms with Crippen LogP contribution in [0.15, 0.2) is 60.2 Å². The molecule has 28 heavy (non-hydrogen) atoms. The van der Waals surface area contributed by atoms with Crippen LogP contribution in [0.4, 0.5) is 5.69 Å². The summed E-state index contributed by atoms with van der Waals surface area (Å²) in [5.74, 6) is -0.114. The van der Waals surface area contributed by atoms with Crippen LogP contribution in [-0.4, -0.2) is 32.5 Å². The standard InChI is InChI=1S/C21H22N4O2S/c26-20-9-8-19(25(20)15-18-7-4-12-28-18)21(27)23-17-13-22-24(14-17)11-10-16-5-2-1-3-6-16/h1-7,12-14,19H,8-11,15H2,(H,23,27). The summed E-state index contributed by atoms with van der Waals surface area (Å²) < 4.78 is 1.83. The maximum atomic E-state index is 12.7. The number of hydrogen-bond acceptors (Lipinski definition) is 4. The van der Waals surface area contributed by atoms with Gasteiger partial charge in [-0.25, -0.2) is 0 Å². The van der Waals surface area contributed by atoms with Gasteiger partial charge in [0.25, 0.3) is 0 Å². The summed E-state index contributed by atoms with van der Waals surface area (Å²) in [6.07, 6.45) is 5.34. The molecule has 7 heteroatoms. The summed E-state index contributed by atoms with van der Waals surface area (Å²) in [4.78, 5) is 27.7. The Morgan fingerprint density at radius 3 is 2.86 bits per heavy atom. The van der Waals surface area contributed by atoms with E-state index in [-0.39, 0.29) is 11.8 Å². The highest BCUT2D eigenvalue weighted by atomic mass is 32.1. The van der Waals surface area contributed by atoms with Crippen molar-refractivity contribution in [2.45, 2.75) is 38.4 Å². The summed E-state index contributed by atoms with van der Waals surface area (Å²) >= 11 is 1.60. The Labute approximate surface area is 167 Å². The molecule has 1 N–H and O–H groups in total. The Morgan fingerprint density at radius 2 is 2.07 bits per heavy atom. The number of hydrogen-bond donors (Lipinski definition) is 1. The number of nitrogens with one attached hydrogen (secondary N) is 1. The summed E-state index contributed by atoms with van der Waals surface area (Å²) in [6, 6.07) is 13.7. The molecule has 6 nitrogen and oxygen atoms in total. The van der Waals surface area contributed by atoms with E-state index in [2.05, 4.69) is 22.5 Å². The Hall–Kier alpha value is -2.93. The number of likely N-dealkylation sites (tertiary alicyclic amines) is 1. The molecule has 1 atom stereocenters. The van der Waals surface area contributed by atoms with Crippen LogP contribution in [0.25, 0.3) is 0 Å². The van der Waals surface area contributed by atoms with E-state index in [1.54, 1.807) is 22.4 Å². The molecule has 1 unspecified atom stereocenters. The van der Waals surface area contributed by atoms with Crippen molar-refractivity contribution in [1.82, 2.24) is 14.7 Å². The van der Waals surface area contributed by atoms with Gasteiger partial charge in [0.05, 0.1) is 18.4 Å². The molecule has 1 aliphatic heterocycles. The molecule has 3 heterocycles. The number of benzene rings is 1. The number of rotatable bonds is 7. The van der Waals surface area contributed by atoms with Crippen molar-refractivity contribution in [3.05, 3.63) is 70.7 Å². The number of carbonyl (C=O) groups excluding carboxylic acids is 2. The Balaban J connectivity index is 1.35. The summed E-state index contributed by atoms with van der Waals surface area (Å²) in [7, 11) is 0. The Morgan fingerprint density at radius 1 is 1.21 bits per heavy atom. The molecule has 2 amide bonds. The van der Waals surface area contributed by atoms with Gasteiger partial charge in [0, 0.05) is 24.0 Å². The van der Waals surface area contributed by atoms with Crippen LogP contribution < -0.4 is 5.32 Å². The van der Waals surface area contributed by atoms with Gasteiger partial charge in [-0.05, 0) is 29.9 Å². The van der Waals surface area contributed by atoms with Crippen molar-refractivity contribution < 1.29 is 9.59 Å². The normalized spacial score (nSPS) is 16.5. The third kappa shape index (κ3) is 4.31. The first kappa shape index (κ1) is 18.4. The number of aryl methyl sites for hydroxylation is 2. The van der Waals surface area contributed by atoms with Gasteiger partial charge in [-0.1, -0.05) is 36.4 Å². The number of carbonyl (C=O) groups is 2. The maximum Gasteiger partial charge on any atom is 0.247 e. The molecular formula is C21H22N4O2S. The van der Waals surface area contributed by atoms with E-state index in [0.29, 0.717) is 25.1 Å². The fraction of sp³-hybridized carbons (Fsp3) is 0.286. The second-order valence-electron chi connectivity index (χ2n) is 6.87. The lowest BCUT2D eigenvalue weighted by molar-refractivity contribution is -0.133. The zero-order valence-corrected chi connectivity index (χ0v) is 16.3. The van der Waals surface area contributed by atoms with Gasteiger partial charge in [-0.2, -0.15) is 5.10 Å². The molecule has 4 rings (SSSR count). The maximum absolute atomic E-state index is 12.7. The molecule has 3 aromatic rings. The van der Waals surface area contributed by atoms with Gasteiger partial charge in [0.15, 0.2) is 0 Å². The van der Waals surface area contributed by atoms with E-state index in [9.17, 15) is 9.59 Å². The van der Waals surface area contributed by atoms with Gasteiger partial charge in [-0.3, -0.25) is 14.3 Å². The molecule has 144 valence electrons. The van der Waals surface area contributed by atoms with Crippen LogP contribution in [-0.2, 0) is 29.1 Å². The van der Waals surface area contributed by atoms with Crippen LogP contribution in [0.3, 0.4) is 0 Å². The number of amides is 2. The van der Waals surface area contributed by atoms with E-state index >= 15 is 0 Å². The minimum atomic E-state index is -0.428. The third-order valence-electron chi connectivity index (χ3n) is 4.91. The second-order valence-corrected chi connectivity index (χ2v) is 7.90. The third-order valence-corrected chi connectivity index (χ3v) is 5.77. The van der Waals surface area contributed by atoms with Gasteiger partial charge >= 0.3 is 0 Å². The molecule has 1 aliphatic rings. The summed E-state index contributed by atoms with van der Waals surface area (Å²) in [5, 5.41) is 9.23. The minimum Gasteiger partial charge on any atom is -0.326 e. The molecule has 1 aromatic carbocycles. The van der Waals surface area contributed by atoms with Gasteiger partial charge < -0.3 is 10.2 Å². The lowest BCUT2D eigenvalue weighted by Crippen LogP contribution is -2.40. The smallest absolute Gasteiger partial charge is 0.247 e. The number of anilines is 1. The van der Waals surface area contributed by atoms with Gasteiger partial charge in [0.2, 0.25) is 11.8 Å². The predicted molar refractivity (Wildman–Crippen MR) is 109 cm³/mol. The highest BCUT2D eigenvalue weighted by Gasteiger charge is 2.36. The summed E-state index contributed by atoms with van der Waals surface area (Å²) in [6.45, 7) is 1.23. The Bertz CT molecular complexity index is 936. The average molecular weight is 395 g/mol. The van der Waals surface area contributed by atoms with E-state index < -0.39 is 6.04 Å². The molecule has 0 bridgehead atoms. The molecule has 0 radical (unpaired) electrons. The summed E-state index contributed by atoms with van der Waals surface area (Å²) in [5.41, 5.74) is 1.91. The van der Waals surface area contributed by atoms with Gasteiger partial charge in [0.1, 0.15) is 6.04 Å². The topological polar surface area (TPSA) is 67.2 Å². The monoisotopic (exact) mass is 394 g/mol. The predicted octanol–water partition coefficient (Wildman–Crippen LogP) is 3.32. The van der Waals surface area contributed by atoms with Crippen molar-refractivity contribution in [2.24, 2.45) is 0 Å². The van der Waals surface area contributed by atoms with Crippen molar-refractivity contribution in [2.75, 3.05) is 5.32 Å². The average Bonchev–Trinajstić information content (AvgIpc) is 3.44. The van der Waals surface area contributed by atoms with Crippen LogP contribution in [0.1, 0.15) is 23.3 Å². The lowest BCUT2D eigenvalue weighted by Gasteiger charge is -2.23. The number of aromatic nitrogens is 2. The first-order chi connectivity index (χ1) is 13.7. The number of thiophene rings is 1. The van der Waals surface area contributed by atoms with Crippen LogP contribution in [0.5, 0.6) is 0 Å². The zero-order valence-electron chi connectivity index (χ0n) is 15.5. The van der Waals surface area contributed by atoms with Gasteiger partial charge in [-0.15, -0.1) is 11.3 Å². The van der Waals surface area contributed by atoms with E-state index in [1.165, 1.54) is 5.56 Å². The first-order valence-electron chi connectivity index (χ1n) is 9.38. The fourth-order valence-corrected chi connectivity index (χ4v) is 4.14. The molecule has 2 aromatic heterocycles. The molecule has 0 spiro atoms. The Kier molecular flexibility index (Phi) is 5.53. The SMILES string of the molecule is O=C(Nc1cnn(CCc2ccccc2)c1)C1CCC(=O)N1Cc1cccs1. The van der Waals surface area contributed by atoms with Crippen molar-refractivity contribution in [3.63, 3.8) is 0 Å². The van der Waals surface area contributed by atoms with E-state index in [0.717, 1.165) is 17.8 Å². The van der Waals surface area contributed by atoms with Crippen molar-refractivity contribution in [3.8, 4) is 0 Å². The molecule has 1 saturated heterocycles. The molecule has 1 fully saturated rings. The van der Waals surface area contributed by atoms with Crippen molar-refractivity contribution in [1.29, 1.82) is 0 Å². The van der Waals surface area contributed by atoms with Crippen LogP contribution in [0.2, 0.25) is 0 Å². The molecular weight excluding hydrogens is 372 g/mol. The second kappa shape index (κ2) is 8.39. The quantitative estimate of drug-likeness (QED) is 0.668. The molecule has 0 saturated carbocycles. The van der Waals surface area contributed by atoms with E-state index in [4.69, 9.17) is 0 Å². The first-order valence-corrected chi connectivity index (χ1v) is 10.3. The highest BCUT2D eigenvalue weighted by Crippen LogP contribution is 2.24. The fourth-order valence-electron chi connectivity index (χ4n) is 3.44. The highest BCUT2D eigenvalue weighted by molar-refractivity contribution is 7.09. The van der Waals surface area contributed by atoms with Crippen molar-refractivity contribution >= 4 is 28.8 Å². The van der Waals surface area contributed by atoms with Crippen LogP contribution >= 0.6 is 11.3 Å². The van der Waals surface area contributed by atoms with Crippen LogP contribution in [0, 0.1) is 0 Å². The largest absolute Gasteiger partial charge is 0.326 e. The lowest BCUT2D eigenvalue weighted by atomic mass is 10.1. The minimum absolute atomic E-state index is 0.0344. The number of nitrogens with zero attached hydrogens (tertiary/aromatic N) is 3. The molecule has 0 aliphatic carbocycles.